The highest BCUT2D eigenvalue weighted by molar-refractivity contribution is 5.89. The van der Waals surface area contributed by atoms with Crippen molar-refractivity contribution in [2.24, 2.45) is 0 Å². The molecular weight excluding hydrogens is 218 g/mol. The summed E-state index contributed by atoms with van der Waals surface area (Å²) in [4.78, 5) is 17.5. The van der Waals surface area contributed by atoms with Gasteiger partial charge in [-0.2, -0.15) is 0 Å². The first-order chi connectivity index (χ1) is 8.19. The Morgan fingerprint density at radius 1 is 1.41 bits per heavy atom. The maximum absolute atomic E-state index is 11.9. The van der Waals surface area contributed by atoms with Crippen LogP contribution in [0, 0.1) is 0 Å². The van der Waals surface area contributed by atoms with E-state index in [4.69, 9.17) is 0 Å². The Morgan fingerprint density at radius 3 is 2.59 bits per heavy atom. The Bertz CT molecular complexity index is 363. The van der Waals surface area contributed by atoms with E-state index in [-0.39, 0.29) is 17.6 Å². The average molecular weight is 237 g/mol. The fourth-order valence-corrected chi connectivity index (χ4v) is 1.53. The fraction of sp³-hybridized carbons (Fsp3) is 0.500. The van der Waals surface area contributed by atoms with E-state index in [1.165, 1.54) is 12.3 Å². The van der Waals surface area contributed by atoms with Crippen molar-refractivity contribution in [3.05, 3.63) is 18.3 Å². The number of carbonyl (C=O) groups is 1. The summed E-state index contributed by atoms with van der Waals surface area (Å²) in [6.45, 7) is 5.45. The molecule has 0 aromatic carbocycles. The highest BCUT2D eigenvalue weighted by atomic mass is 16.3. The number of amides is 2. The number of pyridine rings is 1. The maximum atomic E-state index is 11.9. The van der Waals surface area contributed by atoms with E-state index >= 15 is 0 Å². The van der Waals surface area contributed by atoms with Crippen molar-refractivity contribution >= 4 is 11.8 Å². The van der Waals surface area contributed by atoms with Gasteiger partial charge < -0.3 is 10.0 Å². The van der Waals surface area contributed by atoms with E-state index < -0.39 is 0 Å². The molecule has 0 bridgehead atoms. The van der Waals surface area contributed by atoms with Gasteiger partial charge in [0.05, 0.1) is 0 Å². The molecule has 0 fully saturated rings. The first kappa shape index (κ1) is 13.3. The lowest BCUT2D eigenvalue weighted by Gasteiger charge is -2.21. The number of carbonyl (C=O) groups excluding carboxylic acids is 1. The number of hydrogen-bond donors (Lipinski definition) is 2. The second kappa shape index (κ2) is 6.73. The molecular formula is C12H19N3O2. The molecule has 1 aromatic rings. The number of aromatic nitrogens is 1. The molecule has 0 aliphatic carbocycles. The normalized spacial score (nSPS) is 10.0. The number of urea groups is 1. The number of nitrogens with one attached hydrogen (secondary N) is 1. The molecule has 1 rings (SSSR count). The summed E-state index contributed by atoms with van der Waals surface area (Å²) >= 11 is 0. The van der Waals surface area contributed by atoms with E-state index in [1.54, 1.807) is 11.0 Å². The van der Waals surface area contributed by atoms with Crippen molar-refractivity contribution in [2.45, 2.75) is 26.7 Å². The van der Waals surface area contributed by atoms with Crippen LogP contribution in [-0.2, 0) is 0 Å². The van der Waals surface area contributed by atoms with Crippen molar-refractivity contribution in [1.29, 1.82) is 0 Å². The van der Waals surface area contributed by atoms with Crippen molar-refractivity contribution in [2.75, 3.05) is 18.4 Å². The number of hydrogen-bond acceptors (Lipinski definition) is 3. The third kappa shape index (κ3) is 3.94. The molecule has 2 amide bonds. The van der Waals surface area contributed by atoms with E-state index in [0.29, 0.717) is 13.1 Å². The van der Waals surface area contributed by atoms with Gasteiger partial charge in [-0.25, -0.2) is 9.78 Å². The van der Waals surface area contributed by atoms with E-state index in [9.17, 15) is 9.90 Å². The second-order valence-corrected chi connectivity index (χ2v) is 3.79. The standard InChI is InChI=1S/C12H19N3O2/c1-3-8-15(9-4-2)12(17)14-11-10(16)6-5-7-13-11/h5-7,16H,3-4,8-9H2,1-2H3,(H,13,14,17). The van der Waals surface area contributed by atoms with Gasteiger partial charge in [0.25, 0.3) is 0 Å². The van der Waals surface area contributed by atoms with Gasteiger partial charge in [0.1, 0.15) is 0 Å². The van der Waals surface area contributed by atoms with Gasteiger partial charge in [-0.1, -0.05) is 13.8 Å². The second-order valence-electron chi connectivity index (χ2n) is 3.79. The Morgan fingerprint density at radius 2 is 2.06 bits per heavy atom. The SMILES string of the molecule is CCCN(CCC)C(=O)Nc1ncccc1O. The molecule has 1 aromatic heterocycles. The van der Waals surface area contributed by atoms with E-state index in [0.717, 1.165) is 12.8 Å². The number of nitrogens with zero attached hydrogens (tertiary/aromatic N) is 2. The summed E-state index contributed by atoms with van der Waals surface area (Å²) in [7, 11) is 0. The third-order valence-electron chi connectivity index (χ3n) is 2.29. The average Bonchev–Trinajstić information content (AvgIpc) is 2.32. The van der Waals surface area contributed by atoms with E-state index in [2.05, 4.69) is 10.3 Å². The third-order valence-corrected chi connectivity index (χ3v) is 2.29. The van der Waals surface area contributed by atoms with Crippen LogP contribution in [0.2, 0.25) is 0 Å². The smallest absolute Gasteiger partial charge is 0.323 e. The molecule has 17 heavy (non-hydrogen) atoms. The predicted molar refractivity (Wildman–Crippen MR) is 67.1 cm³/mol. The molecule has 1 heterocycles. The van der Waals surface area contributed by atoms with Crippen LogP contribution in [0.4, 0.5) is 10.6 Å². The van der Waals surface area contributed by atoms with Gasteiger partial charge in [-0.15, -0.1) is 0 Å². The molecule has 0 aliphatic rings. The van der Waals surface area contributed by atoms with Gasteiger partial charge >= 0.3 is 6.03 Å². The predicted octanol–water partition coefficient (Wildman–Crippen LogP) is 2.44. The van der Waals surface area contributed by atoms with Gasteiger partial charge in [0.15, 0.2) is 11.6 Å². The topological polar surface area (TPSA) is 65.5 Å². The van der Waals surface area contributed by atoms with Crippen LogP contribution in [0.15, 0.2) is 18.3 Å². The highest BCUT2D eigenvalue weighted by Crippen LogP contribution is 2.18. The Hall–Kier alpha value is -1.78. The van der Waals surface area contributed by atoms with Crippen LogP contribution < -0.4 is 5.32 Å². The Labute approximate surface area is 101 Å². The zero-order chi connectivity index (χ0) is 12.7. The first-order valence-corrected chi connectivity index (χ1v) is 5.89. The molecule has 94 valence electrons. The van der Waals surface area contributed by atoms with Crippen LogP contribution in [0.1, 0.15) is 26.7 Å². The molecule has 0 spiro atoms. The zero-order valence-electron chi connectivity index (χ0n) is 10.3. The molecule has 0 aliphatic heterocycles. The molecule has 0 radical (unpaired) electrons. The monoisotopic (exact) mass is 237 g/mol. The van der Waals surface area contributed by atoms with Crippen molar-refractivity contribution in [3.63, 3.8) is 0 Å². The molecule has 5 heteroatoms. The Kier molecular flexibility index (Phi) is 5.26. The van der Waals surface area contributed by atoms with Crippen LogP contribution in [-0.4, -0.2) is 34.1 Å². The van der Waals surface area contributed by atoms with Crippen LogP contribution >= 0.6 is 0 Å². The van der Waals surface area contributed by atoms with Crippen LogP contribution in [0.5, 0.6) is 5.75 Å². The molecule has 0 saturated carbocycles. The van der Waals surface area contributed by atoms with Gasteiger partial charge in [0, 0.05) is 19.3 Å². The minimum absolute atomic E-state index is 0.0196. The fourth-order valence-electron chi connectivity index (χ4n) is 1.53. The van der Waals surface area contributed by atoms with Crippen molar-refractivity contribution < 1.29 is 9.90 Å². The Balaban J connectivity index is 2.66. The van der Waals surface area contributed by atoms with Crippen LogP contribution in [0.3, 0.4) is 0 Å². The quantitative estimate of drug-likeness (QED) is 0.826. The first-order valence-electron chi connectivity index (χ1n) is 5.89. The highest BCUT2D eigenvalue weighted by Gasteiger charge is 2.13. The number of rotatable bonds is 5. The molecule has 5 nitrogen and oxygen atoms in total. The lowest BCUT2D eigenvalue weighted by Crippen LogP contribution is -2.36. The largest absolute Gasteiger partial charge is 0.504 e. The molecule has 0 unspecified atom stereocenters. The number of anilines is 1. The maximum Gasteiger partial charge on any atom is 0.323 e. The lowest BCUT2D eigenvalue weighted by atomic mass is 10.3. The minimum atomic E-state index is -0.220. The summed E-state index contributed by atoms with van der Waals surface area (Å²) in [5, 5.41) is 12.1. The van der Waals surface area contributed by atoms with Gasteiger partial charge in [-0.3, -0.25) is 5.32 Å². The van der Waals surface area contributed by atoms with Gasteiger partial charge in [0.2, 0.25) is 0 Å². The lowest BCUT2D eigenvalue weighted by molar-refractivity contribution is 0.211. The van der Waals surface area contributed by atoms with Crippen molar-refractivity contribution in [1.82, 2.24) is 9.88 Å². The molecule has 2 N–H and O–H groups in total. The minimum Gasteiger partial charge on any atom is -0.504 e. The summed E-state index contributed by atoms with van der Waals surface area (Å²) in [6.07, 6.45) is 3.34. The summed E-state index contributed by atoms with van der Waals surface area (Å²) < 4.78 is 0. The number of aromatic hydroxyl groups is 1. The summed E-state index contributed by atoms with van der Waals surface area (Å²) in [5.74, 6) is 0.184. The summed E-state index contributed by atoms with van der Waals surface area (Å²) in [6, 6.07) is 2.88. The molecule has 0 saturated heterocycles. The zero-order valence-corrected chi connectivity index (χ0v) is 10.3. The van der Waals surface area contributed by atoms with Crippen molar-refractivity contribution in [3.8, 4) is 5.75 Å². The summed E-state index contributed by atoms with van der Waals surface area (Å²) in [5.41, 5.74) is 0. The van der Waals surface area contributed by atoms with Crippen LogP contribution in [0.25, 0.3) is 0 Å². The van der Waals surface area contributed by atoms with Gasteiger partial charge in [-0.05, 0) is 25.0 Å². The van der Waals surface area contributed by atoms with E-state index in [1.807, 2.05) is 13.8 Å². The molecule has 0 atom stereocenters.